The number of nitrogens with zero attached hydrogens (tertiary/aromatic N) is 3. The smallest absolute Gasteiger partial charge is 0.222 e. The average Bonchev–Trinajstić information content (AvgIpc) is 3.09. The molecular weight excluding hydrogens is 324 g/mol. The molecule has 1 aliphatic rings. The third kappa shape index (κ3) is 3.47. The lowest BCUT2D eigenvalue weighted by Gasteiger charge is -2.31. The molecule has 1 aromatic carbocycles. The van der Waals surface area contributed by atoms with Crippen molar-refractivity contribution < 1.29 is 4.79 Å². The summed E-state index contributed by atoms with van der Waals surface area (Å²) in [6, 6.07) is 8.25. The van der Waals surface area contributed by atoms with Gasteiger partial charge in [0.1, 0.15) is 0 Å². The fourth-order valence-corrected chi connectivity index (χ4v) is 3.84. The highest BCUT2D eigenvalue weighted by Gasteiger charge is 2.24. The molecule has 3 aromatic rings. The number of hydrogen-bond acceptors (Lipinski definition) is 3. The number of rotatable bonds is 4. The van der Waals surface area contributed by atoms with Crippen LogP contribution in [0.5, 0.6) is 0 Å². The van der Waals surface area contributed by atoms with Gasteiger partial charge in [0.2, 0.25) is 5.91 Å². The number of amides is 1. The molecule has 0 unspecified atom stereocenters. The van der Waals surface area contributed by atoms with E-state index in [1.807, 2.05) is 36.4 Å². The number of piperidine rings is 1. The molecule has 0 spiro atoms. The van der Waals surface area contributed by atoms with Gasteiger partial charge in [-0.25, -0.2) is 0 Å². The molecule has 1 aliphatic heterocycles. The van der Waals surface area contributed by atoms with Gasteiger partial charge < -0.3 is 9.88 Å². The van der Waals surface area contributed by atoms with Crippen LogP contribution in [-0.2, 0) is 11.2 Å². The number of likely N-dealkylation sites (tertiary alicyclic amines) is 1. The van der Waals surface area contributed by atoms with Crippen molar-refractivity contribution in [3.8, 4) is 0 Å². The maximum Gasteiger partial charge on any atom is 0.222 e. The molecule has 0 aliphatic carbocycles. The topological polar surface area (TPSA) is 61.9 Å². The lowest BCUT2D eigenvalue weighted by molar-refractivity contribution is -0.132. The Morgan fingerprint density at radius 1 is 1.23 bits per heavy atom. The van der Waals surface area contributed by atoms with Gasteiger partial charge >= 0.3 is 0 Å². The summed E-state index contributed by atoms with van der Waals surface area (Å²) in [5, 5.41) is 1.22. The van der Waals surface area contributed by atoms with Crippen molar-refractivity contribution in [1.82, 2.24) is 19.9 Å². The lowest BCUT2D eigenvalue weighted by atomic mass is 9.93. The molecule has 1 fully saturated rings. The minimum Gasteiger partial charge on any atom is -0.361 e. The molecule has 0 bridgehead atoms. The van der Waals surface area contributed by atoms with E-state index in [-0.39, 0.29) is 5.91 Å². The fraction of sp³-hybridized carbons (Fsp3) is 0.381. The Labute approximate surface area is 153 Å². The number of H-pyrrole nitrogens is 1. The van der Waals surface area contributed by atoms with Gasteiger partial charge in [-0.15, -0.1) is 0 Å². The molecule has 1 N–H and O–H groups in total. The van der Waals surface area contributed by atoms with Crippen LogP contribution in [0.25, 0.3) is 10.9 Å². The summed E-state index contributed by atoms with van der Waals surface area (Å²) < 4.78 is 0. The van der Waals surface area contributed by atoms with Gasteiger partial charge in [-0.1, -0.05) is 18.2 Å². The van der Waals surface area contributed by atoms with Crippen LogP contribution in [0.2, 0.25) is 0 Å². The number of para-hydroxylation sites is 1. The van der Waals surface area contributed by atoms with E-state index in [1.165, 1.54) is 10.9 Å². The van der Waals surface area contributed by atoms with Crippen molar-refractivity contribution in [2.24, 2.45) is 0 Å². The van der Waals surface area contributed by atoms with Crippen molar-refractivity contribution in [2.45, 2.75) is 38.5 Å². The SMILES string of the molecule is Cc1cncc(C2CCN(C(=O)CCc3c[nH]c4ccccc34)CC2)n1. The molecule has 134 valence electrons. The second kappa shape index (κ2) is 7.28. The Kier molecular flexibility index (Phi) is 4.69. The third-order valence-electron chi connectivity index (χ3n) is 5.32. The van der Waals surface area contributed by atoms with Crippen LogP contribution in [0.15, 0.2) is 42.9 Å². The standard InChI is InChI=1S/C21H24N4O/c1-15-12-22-14-20(24-15)16-8-10-25(11-9-16)21(26)7-6-17-13-23-19-5-3-2-4-18(17)19/h2-5,12-14,16,23H,6-11H2,1H3. The van der Waals surface area contributed by atoms with Crippen molar-refractivity contribution in [1.29, 1.82) is 0 Å². The Morgan fingerprint density at radius 3 is 2.85 bits per heavy atom. The van der Waals surface area contributed by atoms with Gasteiger partial charge in [0.05, 0.1) is 11.4 Å². The van der Waals surface area contributed by atoms with Crippen LogP contribution in [-0.4, -0.2) is 38.8 Å². The van der Waals surface area contributed by atoms with Crippen LogP contribution >= 0.6 is 0 Å². The zero-order valence-corrected chi connectivity index (χ0v) is 15.1. The first-order valence-corrected chi connectivity index (χ1v) is 9.32. The maximum atomic E-state index is 12.6. The van der Waals surface area contributed by atoms with Gasteiger partial charge in [-0.2, -0.15) is 0 Å². The predicted octanol–water partition coefficient (Wildman–Crippen LogP) is 3.61. The predicted molar refractivity (Wildman–Crippen MR) is 102 cm³/mol. The summed E-state index contributed by atoms with van der Waals surface area (Å²) in [4.78, 5) is 26.8. The summed E-state index contributed by atoms with van der Waals surface area (Å²) in [7, 11) is 0. The zero-order valence-electron chi connectivity index (χ0n) is 15.1. The van der Waals surface area contributed by atoms with E-state index >= 15 is 0 Å². The fourth-order valence-electron chi connectivity index (χ4n) is 3.84. The number of aromatic amines is 1. The molecule has 5 nitrogen and oxygen atoms in total. The van der Waals surface area contributed by atoms with Gasteiger partial charge in [0, 0.05) is 54.9 Å². The van der Waals surface area contributed by atoms with Crippen molar-refractivity contribution in [2.75, 3.05) is 13.1 Å². The molecule has 1 amide bonds. The molecular formula is C21H24N4O. The number of nitrogens with one attached hydrogen (secondary N) is 1. The minimum absolute atomic E-state index is 0.254. The van der Waals surface area contributed by atoms with Crippen LogP contribution in [0, 0.1) is 6.92 Å². The number of hydrogen-bond donors (Lipinski definition) is 1. The van der Waals surface area contributed by atoms with Gasteiger partial charge in [-0.05, 0) is 37.8 Å². The van der Waals surface area contributed by atoms with Crippen LogP contribution in [0.3, 0.4) is 0 Å². The van der Waals surface area contributed by atoms with Gasteiger partial charge in [0.15, 0.2) is 0 Å². The average molecular weight is 348 g/mol. The zero-order chi connectivity index (χ0) is 17.9. The number of benzene rings is 1. The second-order valence-electron chi connectivity index (χ2n) is 7.10. The van der Waals surface area contributed by atoms with Crippen LogP contribution in [0.1, 0.15) is 42.1 Å². The summed E-state index contributed by atoms with van der Waals surface area (Å²) in [5.41, 5.74) is 4.38. The van der Waals surface area contributed by atoms with Gasteiger partial charge in [-0.3, -0.25) is 14.8 Å². The molecule has 3 heterocycles. The number of aromatic nitrogens is 3. The third-order valence-corrected chi connectivity index (χ3v) is 5.32. The van der Waals surface area contributed by atoms with E-state index < -0.39 is 0 Å². The summed E-state index contributed by atoms with van der Waals surface area (Å²) in [6.07, 6.45) is 8.97. The van der Waals surface area contributed by atoms with E-state index in [0.29, 0.717) is 12.3 Å². The van der Waals surface area contributed by atoms with E-state index in [4.69, 9.17) is 0 Å². The Balaban J connectivity index is 1.32. The minimum atomic E-state index is 0.254. The quantitative estimate of drug-likeness (QED) is 0.783. The number of aryl methyl sites for hydroxylation is 2. The molecule has 26 heavy (non-hydrogen) atoms. The number of fused-ring (bicyclic) bond motifs is 1. The largest absolute Gasteiger partial charge is 0.361 e. The normalized spacial score (nSPS) is 15.5. The molecule has 5 heteroatoms. The van der Waals surface area contributed by atoms with E-state index in [9.17, 15) is 4.79 Å². The molecule has 0 atom stereocenters. The highest BCUT2D eigenvalue weighted by molar-refractivity contribution is 5.84. The molecule has 0 radical (unpaired) electrons. The first-order chi connectivity index (χ1) is 12.7. The lowest BCUT2D eigenvalue weighted by Crippen LogP contribution is -2.38. The summed E-state index contributed by atoms with van der Waals surface area (Å²) in [5.74, 6) is 0.670. The molecule has 2 aromatic heterocycles. The van der Waals surface area contributed by atoms with Crippen molar-refractivity contribution >= 4 is 16.8 Å². The number of carbonyl (C=O) groups excluding carboxylic acids is 1. The van der Waals surface area contributed by atoms with Gasteiger partial charge in [0.25, 0.3) is 0 Å². The first-order valence-electron chi connectivity index (χ1n) is 9.32. The molecule has 0 saturated carbocycles. The van der Waals surface area contributed by atoms with Crippen LogP contribution in [0.4, 0.5) is 0 Å². The van der Waals surface area contributed by atoms with Crippen LogP contribution < -0.4 is 0 Å². The molecule has 4 rings (SSSR count). The Bertz CT molecular complexity index is 909. The summed E-state index contributed by atoms with van der Waals surface area (Å²) >= 11 is 0. The monoisotopic (exact) mass is 348 g/mol. The number of carbonyl (C=O) groups is 1. The van der Waals surface area contributed by atoms with Crippen molar-refractivity contribution in [3.63, 3.8) is 0 Å². The summed E-state index contributed by atoms with van der Waals surface area (Å²) in [6.45, 7) is 3.60. The Hall–Kier alpha value is -2.69. The second-order valence-corrected chi connectivity index (χ2v) is 7.10. The van der Waals surface area contributed by atoms with E-state index in [1.54, 1.807) is 6.20 Å². The maximum absolute atomic E-state index is 12.6. The van der Waals surface area contributed by atoms with Crippen molar-refractivity contribution in [3.05, 3.63) is 59.8 Å². The highest BCUT2D eigenvalue weighted by atomic mass is 16.2. The first kappa shape index (κ1) is 16.8. The Morgan fingerprint density at radius 2 is 2.04 bits per heavy atom. The molecule has 1 saturated heterocycles. The van der Waals surface area contributed by atoms with E-state index in [2.05, 4.69) is 27.1 Å². The van der Waals surface area contributed by atoms with E-state index in [0.717, 1.165) is 49.3 Å². The highest BCUT2D eigenvalue weighted by Crippen LogP contribution is 2.27.